The van der Waals surface area contributed by atoms with Crippen molar-refractivity contribution in [2.45, 2.75) is 11.8 Å². The number of rotatable bonds is 6. The number of nitrogens with zero attached hydrogens (tertiary/aromatic N) is 1. The van der Waals surface area contributed by atoms with Crippen molar-refractivity contribution in [3.63, 3.8) is 0 Å². The van der Waals surface area contributed by atoms with Crippen molar-refractivity contribution in [3.05, 3.63) is 93.6 Å². The number of cyclic esters (lactones) is 1. The van der Waals surface area contributed by atoms with Crippen LogP contribution in [-0.4, -0.2) is 27.4 Å². The molecule has 0 fully saturated rings. The topological polar surface area (TPSA) is 91.3 Å². The summed E-state index contributed by atoms with van der Waals surface area (Å²) < 4.78 is 42.0. The van der Waals surface area contributed by atoms with Crippen LogP contribution in [0, 0.1) is 6.92 Å². The Bertz CT molecular complexity index is 1380. The summed E-state index contributed by atoms with van der Waals surface area (Å²) >= 11 is 3.36. The van der Waals surface area contributed by atoms with Crippen molar-refractivity contribution in [2.75, 3.05) is 7.11 Å². The molecule has 168 valence electrons. The fraction of sp³-hybridized carbons (Fsp3) is 0.0833. The van der Waals surface area contributed by atoms with Crippen LogP contribution < -0.4 is 8.92 Å². The molecule has 0 bridgehead atoms. The van der Waals surface area contributed by atoms with Crippen LogP contribution in [0.2, 0.25) is 0 Å². The molecule has 0 aromatic heterocycles. The minimum Gasteiger partial charge on any atom is -0.493 e. The zero-order valence-electron chi connectivity index (χ0n) is 17.6. The van der Waals surface area contributed by atoms with Crippen molar-refractivity contribution in [2.24, 2.45) is 4.99 Å². The maximum absolute atomic E-state index is 12.6. The number of hydrogen-bond donors (Lipinski definition) is 0. The number of methoxy groups -OCH3 is 1. The van der Waals surface area contributed by atoms with E-state index in [1.165, 1.54) is 31.4 Å². The zero-order chi connectivity index (χ0) is 23.6. The van der Waals surface area contributed by atoms with Crippen molar-refractivity contribution < 1.29 is 26.9 Å². The molecule has 0 saturated heterocycles. The molecular weight excluding hydrogens is 510 g/mol. The Morgan fingerprint density at radius 2 is 1.67 bits per heavy atom. The van der Waals surface area contributed by atoms with E-state index in [1.54, 1.807) is 36.4 Å². The minimum absolute atomic E-state index is 0.0216. The van der Waals surface area contributed by atoms with Gasteiger partial charge in [-0.2, -0.15) is 8.42 Å². The van der Waals surface area contributed by atoms with Crippen LogP contribution in [0.1, 0.15) is 16.7 Å². The monoisotopic (exact) mass is 527 g/mol. The molecule has 0 amide bonds. The molecule has 0 atom stereocenters. The third-order valence-corrected chi connectivity index (χ3v) is 6.49. The average molecular weight is 528 g/mol. The number of benzene rings is 3. The van der Waals surface area contributed by atoms with E-state index in [0.717, 1.165) is 10.0 Å². The van der Waals surface area contributed by atoms with Gasteiger partial charge in [-0.3, -0.25) is 0 Å². The van der Waals surface area contributed by atoms with Gasteiger partial charge in [-0.1, -0.05) is 39.7 Å². The van der Waals surface area contributed by atoms with E-state index >= 15 is 0 Å². The molecule has 9 heteroatoms. The van der Waals surface area contributed by atoms with Gasteiger partial charge in [0, 0.05) is 10.0 Å². The lowest BCUT2D eigenvalue weighted by Crippen LogP contribution is -2.10. The first-order chi connectivity index (χ1) is 15.7. The Morgan fingerprint density at radius 1 is 0.970 bits per heavy atom. The Labute approximate surface area is 199 Å². The van der Waals surface area contributed by atoms with Gasteiger partial charge >= 0.3 is 16.1 Å². The number of carbonyl (C=O) groups is 1. The summed E-state index contributed by atoms with van der Waals surface area (Å²) in [6.45, 7) is 1.86. The standard InChI is InChI=1S/C24H18BrNO6S/c1-15-3-10-19(11-4-15)33(28,29)32-21-12-5-16(14-22(21)30-2)13-20-24(27)31-23(26-20)17-6-8-18(25)9-7-17/h3-14H,1-2H3/b20-13-. The minimum atomic E-state index is -4.04. The molecule has 1 heterocycles. The van der Waals surface area contributed by atoms with Gasteiger partial charge in [0.05, 0.1) is 7.11 Å². The lowest BCUT2D eigenvalue weighted by atomic mass is 10.1. The molecule has 0 radical (unpaired) electrons. The fourth-order valence-electron chi connectivity index (χ4n) is 3.00. The molecule has 1 aliphatic heterocycles. The van der Waals surface area contributed by atoms with Crippen molar-refractivity contribution in [1.29, 1.82) is 0 Å². The quantitative estimate of drug-likeness (QED) is 0.258. The van der Waals surface area contributed by atoms with E-state index in [2.05, 4.69) is 20.9 Å². The maximum atomic E-state index is 12.6. The normalized spacial score (nSPS) is 14.7. The number of carbonyl (C=O) groups excluding carboxylic acids is 1. The lowest BCUT2D eigenvalue weighted by molar-refractivity contribution is -0.129. The summed E-state index contributed by atoms with van der Waals surface area (Å²) in [5.41, 5.74) is 2.26. The fourth-order valence-corrected chi connectivity index (χ4v) is 4.20. The Hall–Kier alpha value is -3.43. The number of aryl methyl sites for hydroxylation is 1. The number of esters is 1. The van der Waals surface area contributed by atoms with E-state index in [0.29, 0.717) is 11.1 Å². The maximum Gasteiger partial charge on any atom is 0.363 e. The molecule has 0 aliphatic carbocycles. The van der Waals surface area contributed by atoms with Crippen LogP contribution in [0.25, 0.3) is 6.08 Å². The van der Waals surface area contributed by atoms with Gasteiger partial charge in [0.2, 0.25) is 5.90 Å². The van der Waals surface area contributed by atoms with Crippen LogP contribution in [0.5, 0.6) is 11.5 Å². The van der Waals surface area contributed by atoms with E-state index < -0.39 is 16.1 Å². The van der Waals surface area contributed by atoms with Crippen LogP contribution >= 0.6 is 15.9 Å². The summed E-state index contributed by atoms with van der Waals surface area (Å²) in [7, 11) is -2.65. The van der Waals surface area contributed by atoms with Gasteiger partial charge in [-0.05, 0) is 67.1 Å². The van der Waals surface area contributed by atoms with Gasteiger partial charge in [-0.25, -0.2) is 9.79 Å². The van der Waals surface area contributed by atoms with Gasteiger partial charge in [0.15, 0.2) is 17.2 Å². The smallest absolute Gasteiger partial charge is 0.363 e. The number of hydrogen-bond acceptors (Lipinski definition) is 7. The highest BCUT2D eigenvalue weighted by Gasteiger charge is 2.24. The Morgan fingerprint density at radius 3 is 2.33 bits per heavy atom. The van der Waals surface area contributed by atoms with Crippen molar-refractivity contribution >= 4 is 44.0 Å². The first kappa shape index (κ1) is 22.8. The lowest BCUT2D eigenvalue weighted by Gasteiger charge is -2.11. The molecule has 4 rings (SSSR count). The summed E-state index contributed by atoms with van der Waals surface area (Å²) in [6.07, 6.45) is 1.52. The summed E-state index contributed by atoms with van der Waals surface area (Å²) in [5.74, 6) is -0.180. The molecular formula is C24H18BrNO6S. The largest absolute Gasteiger partial charge is 0.493 e. The van der Waals surface area contributed by atoms with Gasteiger partial charge < -0.3 is 13.7 Å². The third kappa shape index (κ3) is 5.15. The summed E-state index contributed by atoms with van der Waals surface area (Å²) in [6, 6.07) is 18.1. The Kier molecular flexibility index (Phi) is 6.35. The molecule has 0 N–H and O–H groups in total. The zero-order valence-corrected chi connectivity index (χ0v) is 20.0. The van der Waals surface area contributed by atoms with Gasteiger partial charge in [-0.15, -0.1) is 0 Å². The van der Waals surface area contributed by atoms with Crippen LogP contribution in [-0.2, 0) is 19.6 Å². The third-order valence-electron chi connectivity index (χ3n) is 4.71. The first-order valence-electron chi connectivity index (χ1n) is 9.73. The second-order valence-corrected chi connectivity index (χ2v) is 9.57. The molecule has 3 aromatic carbocycles. The first-order valence-corrected chi connectivity index (χ1v) is 11.9. The van der Waals surface area contributed by atoms with E-state index in [1.807, 2.05) is 19.1 Å². The van der Waals surface area contributed by atoms with Gasteiger partial charge in [0.1, 0.15) is 4.90 Å². The van der Waals surface area contributed by atoms with E-state index in [9.17, 15) is 13.2 Å². The van der Waals surface area contributed by atoms with Crippen LogP contribution in [0.3, 0.4) is 0 Å². The second kappa shape index (κ2) is 9.21. The number of halogens is 1. The highest BCUT2D eigenvalue weighted by atomic mass is 79.9. The average Bonchev–Trinajstić information content (AvgIpc) is 3.15. The molecule has 3 aromatic rings. The van der Waals surface area contributed by atoms with Gasteiger partial charge in [0.25, 0.3) is 0 Å². The van der Waals surface area contributed by atoms with Crippen molar-refractivity contribution in [3.8, 4) is 11.5 Å². The molecule has 0 saturated carbocycles. The SMILES string of the molecule is COc1cc(/C=C2\N=C(c3ccc(Br)cc3)OC2=O)ccc1OS(=O)(=O)c1ccc(C)cc1. The molecule has 33 heavy (non-hydrogen) atoms. The van der Waals surface area contributed by atoms with Crippen LogP contribution in [0.4, 0.5) is 0 Å². The highest BCUT2D eigenvalue weighted by Crippen LogP contribution is 2.32. The predicted octanol–water partition coefficient (Wildman–Crippen LogP) is 4.88. The van der Waals surface area contributed by atoms with Crippen LogP contribution in [0.15, 0.2) is 86.8 Å². The Balaban J connectivity index is 1.60. The molecule has 7 nitrogen and oxygen atoms in total. The molecule has 0 spiro atoms. The summed E-state index contributed by atoms with van der Waals surface area (Å²) in [4.78, 5) is 16.6. The number of ether oxygens (including phenoxy) is 2. The molecule has 1 aliphatic rings. The van der Waals surface area contributed by atoms with Crippen molar-refractivity contribution in [1.82, 2.24) is 0 Å². The summed E-state index contributed by atoms with van der Waals surface area (Å²) in [5, 5.41) is 0. The highest BCUT2D eigenvalue weighted by molar-refractivity contribution is 9.10. The second-order valence-electron chi connectivity index (χ2n) is 7.10. The predicted molar refractivity (Wildman–Crippen MR) is 127 cm³/mol. The van der Waals surface area contributed by atoms with E-state index in [-0.39, 0.29) is 28.0 Å². The molecule has 0 unspecified atom stereocenters. The number of aliphatic imine (C=N–C) groups is 1. The van der Waals surface area contributed by atoms with E-state index in [4.69, 9.17) is 13.7 Å².